The molecule has 2 atom stereocenters. The molecule has 0 N–H and O–H groups in total. The number of allylic oxidation sites excluding steroid dienone is 4. The summed E-state index contributed by atoms with van der Waals surface area (Å²) < 4.78 is 0. The van der Waals surface area contributed by atoms with E-state index in [2.05, 4.69) is 107 Å². The molecule has 1 aliphatic carbocycles. The molecule has 4 heteroatoms. The molecule has 1 aliphatic rings. The van der Waals surface area contributed by atoms with E-state index in [9.17, 15) is 0 Å². The van der Waals surface area contributed by atoms with Gasteiger partial charge in [0.15, 0.2) is 5.82 Å². The zero-order valence-electron chi connectivity index (χ0n) is 20.4. The molecule has 3 aromatic carbocycles. The summed E-state index contributed by atoms with van der Waals surface area (Å²) >= 11 is 0. The lowest BCUT2D eigenvalue weighted by Crippen LogP contribution is -2.10. The Hall–Kier alpha value is -4.70. The predicted octanol–water partition coefficient (Wildman–Crippen LogP) is 7.77. The van der Waals surface area contributed by atoms with Crippen molar-refractivity contribution in [1.29, 1.82) is 0 Å². The van der Waals surface area contributed by atoms with Gasteiger partial charge in [-0.25, -0.2) is 15.0 Å². The number of hydrogen-bond acceptors (Lipinski definition) is 4. The summed E-state index contributed by atoms with van der Waals surface area (Å²) in [4.78, 5) is 18.6. The van der Waals surface area contributed by atoms with Crippen LogP contribution in [0, 0.1) is 5.92 Å². The fourth-order valence-corrected chi connectivity index (χ4v) is 5.52. The van der Waals surface area contributed by atoms with Crippen molar-refractivity contribution < 1.29 is 0 Å². The number of aromatic nitrogens is 4. The maximum atomic E-state index is 5.12. The van der Waals surface area contributed by atoms with Gasteiger partial charge in [0.2, 0.25) is 0 Å². The first kappa shape index (κ1) is 21.6. The molecule has 4 nitrogen and oxygen atoms in total. The van der Waals surface area contributed by atoms with E-state index < -0.39 is 0 Å². The fraction of sp³-hybridized carbons (Fsp3) is 0.0909. The molecular weight excluding hydrogens is 452 g/mol. The average molecular weight is 477 g/mol. The van der Waals surface area contributed by atoms with Crippen molar-refractivity contribution >= 4 is 38.2 Å². The molecule has 0 bridgehead atoms. The van der Waals surface area contributed by atoms with E-state index in [0.717, 1.165) is 44.5 Å². The summed E-state index contributed by atoms with van der Waals surface area (Å²) in [7, 11) is 0. The number of benzene rings is 3. The Morgan fingerprint density at radius 2 is 1.41 bits per heavy atom. The molecule has 2 unspecified atom stereocenters. The number of rotatable bonds is 3. The van der Waals surface area contributed by atoms with Crippen molar-refractivity contribution in [3.63, 3.8) is 0 Å². The topological polar surface area (TPSA) is 51.6 Å². The molecule has 0 fully saturated rings. The van der Waals surface area contributed by atoms with E-state index >= 15 is 0 Å². The third-order valence-electron chi connectivity index (χ3n) is 7.34. The molecule has 6 aromatic rings. The van der Waals surface area contributed by atoms with Crippen LogP contribution in [0.25, 0.3) is 49.4 Å². The quantitative estimate of drug-likeness (QED) is 0.245. The van der Waals surface area contributed by atoms with E-state index in [1.807, 2.05) is 18.3 Å². The molecule has 3 heterocycles. The van der Waals surface area contributed by atoms with Crippen molar-refractivity contribution in [2.45, 2.75) is 12.8 Å². The summed E-state index contributed by atoms with van der Waals surface area (Å²) in [6.45, 7) is 2.27. The lowest BCUT2D eigenvalue weighted by Gasteiger charge is -2.25. The number of fused-ring (bicyclic) bond motifs is 4. The first-order chi connectivity index (χ1) is 18.3. The Labute approximate surface area is 215 Å². The van der Waals surface area contributed by atoms with Crippen LogP contribution in [0.3, 0.4) is 0 Å². The minimum atomic E-state index is 0.268. The average Bonchev–Trinajstić information content (AvgIpc) is 2.97. The van der Waals surface area contributed by atoms with E-state index in [4.69, 9.17) is 4.98 Å². The third-order valence-corrected chi connectivity index (χ3v) is 7.34. The lowest BCUT2D eigenvalue weighted by atomic mass is 9.79. The number of pyridine rings is 2. The van der Waals surface area contributed by atoms with E-state index in [1.165, 1.54) is 16.3 Å². The zero-order chi connectivity index (χ0) is 24.8. The van der Waals surface area contributed by atoms with Gasteiger partial charge in [0.25, 0.3) is 0 Å². The van der Waals surface area contributed by atoms with Crippen LogP contribution in [-0.4, -0.2) is 19.9 Å². The Morgan fingerprint density at radius 1 is 0.649 bits per heavy atom. The van der Waals surface area contributed by atoms with E-state index in [0.29, 0.717) is 5.92 Å². The van der Waals surface area contributed by atoms with Gasteiger partial charge in [-0.2, -0.15) is 0 Å². The lowest BCUT2D eigenvalue weighted by molar-refractivity contribution is 0.641. The molecule has 0 radical (unpaired) electrons. The third kappa shape index (κ3) is 3.69. The molecule has 0 aliphatic heterocycles. The normalized spacial score (nSPS) is 17.4. The van der Waals surface area contributed by atoms with Crippen LogP contribution >= 0.6 is 0 Å². The van der Waals surface area contributed by atoms with Crippen molar-refractivity contribution in [3.8, 4) is 11.3 Å². The van der Waals surface area contributed by atoms with Crippen LogP contribution in [0.1, 0.15) is 24.2 Å². The van der Waals surface area contributed by atoms with Crippen molar-refractivity contribution in [2.75, 3.05) is 0 Å². The van der Waals surface area contributed by atoms with Gasteiger partial charge in [-0.05, 0) is 40.5 Å². The van der Waals surface area contributed by atoms with Gasteiger partial charge in [0.05, 0.1) is 16.7 Å². The molecule has 7 rings (SSSR count). The molecule has 176 valence electrons. The molecule has 0 saturated carbocycles. The number of nitrogens with zero attached hydrogens (tertiary/aromatic N) is 4. The standard InChI is InChI=1S/C33H24N4/c1-21-20-24(33-35-18-5-19-36-33)11-13-25(21)28-14-15-29(27-8-3-2-7-26(27)28)30-16-12-23-10-9-22-6-4-17-34-31(22)32(23)37-30/h2-21,25H,1H3. The second-order valence-electron chi connectivity index (χ2n) is 9.60. The Kier molecular flexibility index (Phi) is 5.10. The second-order valence-corrected chi connectivity index (χ2v) is 9.60. The maximum absolute atomic E-state index is 5.12. The summed E-state index contributed by atoms with van der Waals surface area (Å²) in [5, 5.41) is 4.67. The highest BCUT2D eigenvalue weighted by atomic mass is 14.9. The first-order valence-corrected chi connectivity index (χ1v) is 12.6. The van der Waals surface area contributed by atoms with E-state index in [1.54, 1.807) is 12.4 Å². The molecule has 37 heavy (non-hydrogen) atoms. The molecule has 0 saturated heterocycles. The largest absolute Gasteiger partial charge is 0.254 e. The highest BCUT2D eigenvalue weighted by Crippen LogP contribution is 2.40. The van der Waals surface area contributed by atoms with Gasteiger partial charge in [0, 0.05) is 46.4 Å². The van der Waals surface area contributed by atoms with Crippen LogP contribution in [0.4, 0.5) is 0 Å². The Bertz CT molecular complexity index is 1850. The minimum absolute atomic E-state index is 0.268. The Balaban J connectivity index is 1.33. The van der Waals surface area contributed by atoms with Gasteiger partial charge in [0.1, 0.15) is 0 Å². The van der Waals surface area contributed by atoms with Crippen molar-refractivity contribution in [3.05, 3.63) is 127 Å². The summed E-state index contributed by atoms with van der Waals surface area (Å²) in [5.41, 5.74) is 6.37. The van der Waals surface area contributed by atoms with Gasteiger partial charge < -0.3 is 0 Å². The molecule has 0 spiro atoms. The highest BCUT2D eigenvalue weighted by molar-refractivity contribution is 6.05. The fourth-order valence-electron chi connectivity index (χ4n) is 5.52. The van der Waals surface area contributed by atoms with Gasteiger partial charge in [-0.3, -0.25) is 4.98 Å². The molecule has 3 aromatic heterocycles. The van der Waals surface area contributed by atoms with Crippen LogP contribution < -0.4 is 0 Å². The smallest absolute Gasteiger partial charge is 0.158 e. The van der Waals surface area contributed by atoms with E-state index in [-0.39, 0.29) is 5.92 Å². The highest BCUT2D eigenvalue weighted by Gasteiger charge is 2.23. The van der Waals surface area contributed by atoms with Crippen LogP contribution in [0.5, 0.6) is 0 Å². The van der Waals surface area contributed by atoms with Crippen molar-refractivity contribution in [1.82, 2.24) is 19.9 Å². The van der Waals surface area contributed by atoms with Crippen LogP contribution in [0.2, 0.25) is 0 Å². The first-order valence-electron chi connectivity index (χ1n) is 12.6. The Morgan fingerprint density at radius 3 is 2.24 bits per heavy atom. The van der Waals surface area contributed by atoms with Crippen molar-refractivity contribution in [2.24, 2.45) is 5.92 Å². The van der Waals surface area contributed by atoms with Crippen LogP contribution in [-0.2, 0) is 0 Å². The summed E-state index contributed by atoms with van der Waals surface area (Å²) in [6, 6.07) is 27.6. The van der Waals surface area contributed by atoms with Gasteiger partial charge >= 0.3 is 0 Å². The molecular formula is C33H24N4. The zero-order valence-corrected chi connectivity index (χ0v) is 20.4. The van der Waals surface area contributed by atoms with Crippen LogP contribution in [0.15, 0.2) is 116 Å². The van der Waals surface area contributed by atoms with Gasteiger partial charge in [-0.1, -0.05) is 85.8 Å². The number of hydrogen-bond donors (Lipinski definition) is 0. The summed E-state index contributed by atoms with van der Waals surface area (Å²) in [6.07, 6.45) is 12.2. The SMILES string of the molecule is CC1C=C(c2ncccn2)C=CC1c1ccc(-c2ccc3ccc4cccnc4c3n2)c2ccccc12. The summed E-state index contributed by atoms with van der Waals surface area (Å²) in [5.74, 6) is 1.35. The second kappa shape index (κ2) is 8.75. The molecule has 0 amide bonds. The monoisotopic (exact) mass is 476 g/mol. The van der Waals surface area contributed by atoms with Gasteiger partial charge in [-0.15, -0.1) is 0 Å². The minimum Gasteiger partial charge on any atom is -0.254 e. The maximum Gasteiger partial charge on any atom is 0.158 e. The predicted molar refractivity (Wildman–Crippen MR) is 151 cm³/mol.